The fourth-order valence-corrected chi connectivity index (χ4v) is 10.2. The number of rotatable bonds is 4. The first kappa shape index (κ1) is 28.8. The van der Waals surface area contributed by atoms with E-state index in [1.54, 1.807) is 0 Å². The van der Waals surface area contributed by atoms with Crippen LogP contribution in [0.25, 0.3) is 107 Å². The normalized spacial score (nSPS) is 11.9. The van der Waals surface area contributed by atoms with Crippen molar-refractivity contribution in [1.82, 2.24) is 0 Å². The van der Waals surface area contributed by atoms with E-state index in [1.165, 1.54) is 73.7 Å². The zero-order valence-corrected chi connectivity index (χ0v) is 29.0. The lowest BCUT2D eigenvalue weighted by atomic mass is 9.90. The average molecular weight is 685 g/mol. The molecule has 0 bridgehead atoms. The predicted octanol–water partition coefficient (Wildman–Crippen LogP) is 15.0. The van der Waals surface area contributed by atoms with Gasteiger partial charge in [0.25, 0.3) is 0 Å². The summed E-state index contributed by atoms with van der Waals surface area (Å²) in [7, 11) is 0. The minimum Gasteiger partial charge on any atom is -0.455 e. The van der Waals surface area contributed by atoms with Crippen molar-refractivity contribution in [3.8, 4) is 44.5 Å². The second-order valence-electron chi connectivity index (χ2n) is 13.2. The summed E-state index contributed by atoms with van der Waals surface area (Å²) in [5.41, 5.74) is 11.5. The Morgan fingerprint density at radius 2 is 0.784 bits per heavy atom. The van der Waals surface area contributed by atoms with E-state index in [0.717, 1.165) is 33.1 Å². The molecule has 0 radical (unpaired) electrons. The fourth-order valence-electron chi connectivity index (χ4n) is 7.95. The summed E-state index contributed by atoms with van der Waals surface area (Å²) in [6.07, 6.45) is 0. The molecule has 0 atom stereocenters. The maximum atomic E-state index is 6.40. The fraction of sp³-hybridized carbons (Fsp3) is 0. The molecule has 0 aliphatic rings. The second-order valence-corrected chi connectivity index (χ2v) is 15.4. The van der Waals surface area contributed by atoms with E-state index < -0.39 is 0 Å². The highest BCUT2D eigenvalue weighted by molar-refractivity contribution is 7.26. The monoisotopic (exact) mass is 684 g/mol. The van der Waals surface area contributed by atoms with Crippen LogP contribution in [-0.4, -0.2) is 0 Å². The molecular weight excluding hydrogens is 657 g/mol. The van der Waals surface area contributed by atoms with Gasteiger partial charge in [0.05, 0.1) is 0 Å². The molecule has 238 valence electrons. The third kappa shape index (κ3) is 4.52. The Morgan fingerprint density at radius 3 is 1.43 bits per heavy atom. The number of fused-ring (bicyclic) bond motifs is 9. The first-order valence-electron chi connectivity index (χ1n) is 17.2. The van der Waals surface area contributed by atoms with Gasteiger partial charge in [0.15, 0.2) is 0 Å². The lowest BCUT2D eigenvalue weighted by Gasteiger charge is -2.14. The van der Waals surface area contributed by atoms with E-state index >= 15 is 0 Å². The summed E-state index contributed by atoms with van der Waals surface area (Å²) < 4.78 is 11.7. The molecule has 0 amide bonds. The van der Waals surface area contributed by atoms with Crippen molar-refractivity contribution in [1.29, 1.82) is 0 Å². The number of para-hydroxylation sites is 2. The van der Waals surface area contributed by atoms with E-state index in [0.29, 0.717) is 0 Å². The molecule has 0 saturated heterocycles. The first-order valence-corrected chi connectivity index (χ1v) is 18.9. The molecule has 0 aliphatic carbocycles. The number of hydrogen-bond acceptors (Lipinski definition) is 3. The van der Waals surface area contributed by atoms with Gasteiger partial charge in [-0.1, -0.05) is 121 Å². The number of thiophene rings is 2. The molecule has 0 spiro atoms. The van der Waals surface area contributed by atoms with Crippen molar-refractivity contribution >= 4 is 85.0 Å². The van der Waals surface area contributed by atoms with Crippen LogP contribution in [0.4, 0.5) is 0 Å². The Morgan fingerprint density at radius 1 is 0.314 bits per heavy atom. The van der Waals surface area contributed by atoms with Crippen LogP contribution in [0.3, 0.4) is 0 Å². The molecule has 8 aromatic carbocycles. The van der Waals surface area contributed by atoms with Crippen molar-refractivity contribution in [3.05, 3.63) is 170 Å². The second kappa shape index (κ2) is 11.3. The Balaban J connectivity index is 1.12. The van der Waals surface area contributed by atoms with Crippen LogP contribution in [0.15, 0.2) is 174 Å². The van der Waals surface area contributed by atoms with Crippen molar-refractivity contribution in [2.24, 2.45) is 0 Å². The Kier molecular flexibility index (Phi) is 6.36. The van der Waals surface area contributed by atoms with E-state index in [4.69, 9.17) is 4.42 Å². The van der Waals surface area contributed by atoms with Gasteiger partial charge in [-0.3, -0.25) is 0 Å². The summed E-state index contributed by atoms with van der Waals surface area (Å²) in [5, 5.41) is 7.58. The minimum absolute atomic E-state index is 0.919. The molecule has 11 aromatic rings. The highest BCUT2D eigenvalue weighted by Crippen LogP contribution is 2.45. The van der Waals surface area contributed by atoms with Crippen molar-refractivity contribution in [2.45, 2.75) is 0 Å². The number of benzene rings is 8. The van der Waals surface area contributed by atoms with Crippen LogP contribution in [0.1, 0.15) is 0 Å². The Hall–Kier alpha value is -6.00. The molecular formula is C48H28OS2. The van der Waals surface area contributed by atoms with Gasteiger partial charge >= 0.3 is 0 Å². The van der Waals surface area contributed by atoms with Gasteiger partial charge in [-0.15, -0.1) is 22.7 Å². The van der Waals surface area contributed by atoms with Crippen LogP contribution in [0, 0.1) is 0 Å². The van der Waals surface area contributed by atoms with Gasteiger partial charge in [-0.25, -0.2) is 0 Å². The molecule has 0 saturated carbocycles. The third-order valence-electron chi connectivity index (χ3n) is 10.3. The Bertz CT molecular complexity index is 3000. The smallest absolute Gasteiger partial charge is 0.143 e. The maximum absolute atomic E-state index is 6.40. The molecule has 3 heteroatoms. The zero-order chi connectivity index (χ0) is 33.5. The molecule has 51 heavy (non-hydrogen) atoms. The van der Waals surface area contributed by atoms with Gasteiger partial charge < -0.3 is 4.42 Å². The van der Waals surface area contributed by atoms with E-state index in [9.17, 15) is 0 Å². The molecule has 0 N–H and O–H groups in total. The van der Waals surface area contributed by atoms with Crippen LogP contribution < -0.4 is 0 Å². The summed E-state index contributed by atoms with van der Waals surface area (Å²) in [6, 6.07) is 62.0. The van der Waals surface area contributed by atoms with Crippen molar-refractivity contribution in [3.63, 3.8) is 0 Å². The molecule has 1 nitrogen and oxygen atoms in total. The number of furan rings is 1. The quantitative estimate of drug-likeness (QED) is 0.180. The molecule has 11 rings (SSSR count). The van der Waals surface area contributed by atoms with Gasteiger partial charge in [0.1, 0.15) is 11.2 Å². The van der Waals surface area contributed by atoms with E-state index in [2.05, 4.69) is 158 Å². The highest BCUT2D eigenvalue weighted by atomic mass is 32.1. The van der Waals surface area contributed by atoms with Crippen molar-refractivity contribution < 1.29 is 4.42 Å². The lowest BCUT2D eigenvalue weighted by molar-refractivity contribution is 0.670. The standard InChI is InChI=1S/C48H28OS2/c1-4-17-41-37(10-1)38-16-7-15-36(48(38)49-41)30-24-22-29(23-25-30)31-26-32(34-13-8-20-44-46(34)39-11-2-5-18-42(39)50-44)28-33(27-31)35-14-9-21-45-47(35)40-12-3-6-19-43(40)51-45/h1-28H. The maximum Gasteiger partial charge on any atom is 0.143 e. The summed E-state index contributed by atoms with van der Waals surface area (Å²) in [6.45, 7) is 0. The number of hydrogen-bond donors (Lipinski definition) is 0. The third-order valence-corrected chi connectivity index (χ3v) is 12.6. The molecule has 0 fully saturated rings. The minimum atomic E-state index is 0.919. The topological polar surface area (TPSA) is 13.1 Å². The van der Waals surface area contributed by atoms with Gasteiger partial charge in [-0.05, 0) is 87.5 Å². The van der Waals surface area contributed by atoms with Crippen LogP contribution in [0.5, 0.6) is 0 Å². The summed E-state index contributed by atoms with van der Waals surface area (Å²) in [4.78, 5) is 0. The van der Waals surface area contributed by atoms with Crippen LogP contribution in [0.2, 0.25) is 0 Å². The lowest BCUT2D eigenvalue weighted by Crippen LogP contribution is -1.88. The van der Waals surface area contributed by atoms with Crippen LogP contribution >= 0.6 is 22.7 Å². The highest BCUT2D eigenvalue weighted by Gasteiger charge is 2.17. The summed E-state index contributed by atoms with van der Waals surface area (Å²) in [5.74, 6) is 0. The zero-order valence-electron chi connectivity index (χ0n) is 27.4. The average Bonchev–Trinajstić information content (AvgIpc) is 3.89. The van der Waals surface area contributed by atoms with Gasteiger partial charge in [-0.2, -0.15) is 0 Å². The largest absolute Gasteiger partial charge is 0.455 e. The van der Waals surface area contributed by atoms with Crippen LogP contribution in [-0.2, 0) is 0 Å². The SMILES string of the molecule is c1ccc2c(c1)oc1c(-c3ccc(-c4cc(-c5cccc6sc7ccccc7c56)cc(-c5cccc6sc7ccccc7c56)c4)cc3)cccc12. The molecule has 0 unspecified atom stereocenters. The predicted molar refractivity (Wildman–Crippen MR) is 221 cm³/mol. The Labute approximate surface area is 302 Å². The molecule has 3 heterocycles. The van der Waals surface area contributed by atoms with E-state index in [-0.39, 0.29) is 0 Å². The summed E-state index contributed by atoms with van der Waals surface area (Å²) >= 11 is 3.74. The molecule has 3 aromatic heterocycles. The first-order chi connectivity index (χ1) is 25.3. The van der Waals surface area contributed by atoms with Gasteiger partial charge in [0, 0.05) is 56.7 Å². The van der Waals surface area contributed by atoms with Crippen molar-refractivity contribution in [2.75, 3.05) is 0 Å². The van der Waals surface area contributed by atoms with Gasteiger partial charge in [0.2, 0.25) is 0 Å². The van der Waals surface area contributed by atoms with E-state index in [1.807, 2.05) is 34.8 Å². The molecule has 0 aliphatic heterocycles.